The van der Waals surface area contributed by atoms with E-state index in [1.54, 1.807) is 7.11 Å². The van der Waals surface area contributed by atoms with Gasteiger partial charge in [0.1, 0.15) is 5.15 Å². The Morgan fingerprint density at radius 1 is 1.40 bits per heavy atom. The van der Waals surface area contributed by atoms with Crippen molar-refractivity contribution in [2.45, 2.75) is 37.6 Å². The van der Waals surface area contributed by atoms with Crippen LogP contribution in [0.25, 0.3) is 0 Å². The lowest BCUT2D eigenvalue weighted by atomic mass is 10.2. The number of pyridine rings is 1. The number of sulfonamides is 1. The minimum atomic E-state index is -3.59. The third-order valence-electron chi connectivity index (χ3n) is 3.17. The Balaban J connectivity index is 3.16. The predicted molar refractivity (Wildman–Crippen MR) is 79.4 cm³/mol. The number of aromatic nitrogens is 1. The van der Waals surface area contributed by atoms with E-state index < -0.39 is 10.0 Å². The predicted octanol–water partition coefficient (Wildman–Crippen LogP) is 2.56. The van der Waals surface area contributed by atoms with Gasteiger partial charge in [0.25, 0.3) is 0 Å². The molecule has 0 aliphatic heterocycles. The first-order valence-electron chi connectivity index (χ1n) is 6.59. The Labute approximate surface area is 126 Å². The zero-order chi connectivity index (χ0) is 15.2. The fourth-order valence-electron chi connectivity index (χ4n) is 2.06. The smallest absolute Gasteiger partial charge is 0.243 e. The maximum atomic E-state index is 12.7. The number of methoxy groups -OCH3 is 1. The topological polar surface area (TPSA) is 59.5 Å². The van der Waals surface area contributed by atoms with Gasteiger partial charge in [-0.15, -0.1) is 0 Å². The molecule has 0 unspecified atom stereocenters. The molecule has 1 rings (SSSR count). The molecule has 0 aromatic carbocycles. The van der Waals surface area contributed by atoms with Crippen LogP contribution in [0.1, 0.15) is 26.7 Å². The van der Waals surface area contributed by atoms with Gasteiger partial charge in [-0.3, -0.25) is 0 Å². The molecule has 20 heavy (non-hydrogen) atoms. The summed E-state index contributed by atoms with van der Waals surface area (Å²) in [5.74, 6) is 0. The van der Waals surface area contributed by atoms with Gasteiger partial charge in [-0.05, 0) is 25.0 Å². The lowest BCUT2D eigenvalue weighted by Gasteiger charge is -2.29. The van der Waals surface area contributed by atoms with Crippen LogP contribution in [0, 0.1) is 0 Å². The molecular weight excluding hydrogens is 300 g/mol. The summed E-state index contributed by atoms with van der Waals surface area (Å²) in [5, 5.41) is 0.169. The third-order valence-corrected chi connectivity index (χ3v) is 5.32. The SMILES string of the molecule is CCC(CC)N(CCOC)S(=O)(=O)c1ccnc(Cl)c1. The maximum Gasteiger partial charge on any atom is 0.243 e. The van der Waals surface area contributed by atoms with E-state index in [9.17, 15) is 8.42 Å². The molecule has 0 spiro atoms. The van der Waals surface area contributed by atoms with Crippen LogP contribution in [0.2, 0.25) is 5.15 Å². The highest BCUT2D eigenvalue weighted by Crippen LogP contribution is 2.22. The molecule has 5 nitrogen and oxygen atoms in total. The van der Waals surface area contributed by atoms with Crippen LogP contribution in [-0.2, 0) is 14.8 Å². The van der Waals surface area contributed by atoms with Crippen molar-refractivity contribution in [1.29, 1.82) is 0 Å². The minimum absolute atomic E-state index is 0.0536. The third kappa shape index (κ3) is 4.15. The summed E-state index contributed by atoms with van der Waals surface area (Å²) in [5.41, 5.74) is 0. The summed E-state index contributed by atoms with van der Waals surface area (Å²) in [6.45, 7) is 4.63. The van der Waals surface area contributed by atoms with Crippen molar-refractivity contribution >= 4 is 21.6 Å². The van der Waals surface area contributed by atoms with Crippen LogP contribution in [-0.4, -0.2) is 44.0 Å². The van der Waals surface area contributed by atoms with Crippen LogP contribution >= 0.6 is 11.6 Å². The van der Waals surface area contributed by atoms with Crippen molar-refractivity contribution in [2.75, 3.05) is 20.3 Å². The molecule has 7 heteroatoms. The number of ether oxygens (including phenoxy) is 1. The van der Waals surface area contributed by atoms with Crippen molar-refractivity contribution in [3.05, 3.63) is 23.5 Å². The monoisotopic (exact) mass is 320 g/mol. The van der Waals surface area contributed by atoms with Gasteiger partial charge in [-0.1, -0.05) is 25.4 Å². The second-order valence-corrected chi connectivity index (χ2v) is 6.67. The average molecular weight is 321 g/mol. The first kappa shape index (κ1) is 17.4. The van der Waals surface area contributed by atoms with Crippen molar-refractivity contribution < 1.29 is 13.2 Å². The number of hydrogen-bond donors (Lipinski definition) is 0. The molecule has 0 bridgehead atoms. The zero-order valence-electron chi connectivity index (χ0n) is 12.0. The van der Waals surface area contributed by atoms with Crippen LogP contribution in [0.15, 0.2) is 23.2 Å². The standard InChI is InChI=1S/C13H21ClN2O3S/c1-4-11(5-2)16(8-9-19-3)20(17,18)12-6-7-15-13(14)10-12/h6-7,10-11H,4-5,8-9H2,1-3H3. The lowest BCUT2D eigenvalue weighted by Crippen LogP contribution is -2.41. The van der Waals surface area contributed by atoms with Crippen LogP contribution in [0.3, 0.4) is 0 Å². The molecule has 1 aromatic rings. The van der Waals surface area contributed by atoms with Crippen molar-refractivity contribution in [2.24, 2.45) is 0 Å². The highest BCUT2D eigenvalue weighted by atomic mass is 35.5. The van der Waals surface area contributed by atoms with Gasteiger partial charge in [0.15, 0.2) is 0 Å². The molecule has 0 saturated heterocycles. The summed E-state index contributed by atoms with van der Waals surface area (Å²) in [6.07, 6.45) is 2.90. The summed E-state index contributed by atoms with van der Waals surface area (Å²) in [6, 6.07) is 2.78. The van der Waals surface area contributed by atoms with Gasteiger partial charge in [-0.2, -0.15) is 4.31 Å². The van der Waals surface area contributed by atoms with Crippen LogP contribution < -0.4 is 0 Å². The summed E-state index contributed by atoms with van der Waals surface area (Å²) >= 11 is 5.79. The Bertz CT molecular complexity index is 518. The zero-order valence-corrected chi connectivity index (χ0v) is 13.6. The minimum Gasteiger partial charge on any atom is -0.383 e. The van der Waals surface area contributed by atoms with Crippen LogP contribution in [0.5, 0.6) is 0 Å². The largest absolute Gasteiger partial charge is 0.383 e. The number of halogens is 1. The van der Waals surface area contributed by atoms with Gasteiger partial charge in [0.2, 0.25) is 10.0 Å². The Morgan fingerprint density at radius 2 is 2.05 bits per heavy atom. The van der Waals surface area contributed by atoms with E-state index in [1.807, 2.05) is 13.8 Å². The van der Waals surface area contributed by atoms with E-state index in [2.05, 4.69) is 4.98 Å². The molecule has 1 aromatic heterocycles. The van der Waals surface area contributed by atoms with Gasteiger partial charge in [-0.25, -0.2) is 13.4 Å². The Morgan fingerprint density at radius 3 is 2.55 bits per heavy atom. The molecular formula is C13H21ClN2O3S. The first-order chi connectivity index (χ1) is 9.47. The van der Waals surface area contributed by atoms with E-state index in [0.717, 1.165) is 12.8 Å². The lowest BCUT2D eigenvalue weighted by molar-refractivity contribution is 0.163. The molecule has 0 aliphatic rings. The molecule has 0 saturated carbocycles. The van der Waals surface area contributed by atoms with Crippen molar-refractivity contribution in [3.63, 3.8) is 0 Å². The summed E-state index contributed by atoms with van der Waals surface area (Å²) in [7, 11) is -2.03. The van der Waals surface area contributed by atoms with Crippen LogP contribution in [0.4, 0.5) is 0 Å². The second-order valence-electron chi connectivity index (χ2n) is 4.39. The molecule has 0 amide bonds. The van der Waals surface area contributed by atoms with Gasteiger partial charge in [0, 0.05) is 25.9 Å². The Kier molecular flexibility index (Phi) is 6.88. The molecule has 114 valence electrons. The quantitative estimate of drug-likeness (QED) is 0.691. The van der Waals surface area contributed by atoms with Crippen molar-refractivity contribution in [3.8, 4) is 0 Å². The number of rotatable bonds is 8. The summed E-state index contributed by atoms with van der Waals surface area (Å²) in [4.78, 5) is 3.98. The van der Waals surface area contributed by atoms with Gasteiger partial charge in [0.05, 0.1) is 11.5 Å². The normalized spacial score (nSPS) is 12.3. The van der Waals surface area contributed by atoms with E-state index in [0.29, 0.717) is 13.2 Å². The van der Waals surface area contributed by atoms with E-state index in [1.165, 1.54) is 22.6 Å². The Hall–Kier alpha value is -0.690. The molecule has 0 aliphatic carbocycles. The summed E-state index contributed by atoms with van der Waals surface area (Å²) < 4.78 is 32.0. The number of nitrogens with zero attached hydrogens (tertiary/aromatic N) is 2. The molecule has 1 heterocycles. The molecule has 0 atom stereocenters. The highest BCUT2D eigenvalue weighted by Gasteiger charge is 2.29. The van der Waals surface area contributed by atoms with Gasteiger partial charge >= 0.3 is 0 Å². The van der Waals surface area contributed by atoms with E-state index in [-0.39, 0.29) is 16.1 Å². The van der Waals surface area contributed by atoms with E-state index in [4.69, 9.17) is 16.3 Å². The molecule has 0 radical (unpaired) electrons. The highest BCUT2D eigenvalue weighted by molar-refractivity contribution is 7.89. The fraction of sp³-hybridized carbons (Fsp3) is 0.615. The fourth-order valence-corrected chi connectivity index (χ4v) is 4.07. The van der Waals surface area contributed by atoms with E-state index >= 15 is 0 Å². The second kappa shape index (κ2) is 7.93. The molecule has 0 N–H and O–H groups in total. The van der Waals surface area contributed by atoms with Gasteiger partial charge < -0.3 is 4.74 Å². The number of hydrogen-bond acceptors (Lipinski definition) is 4. The maximum absolute atomic E-state index is 12.7. The average Bonchev–Trinajstić information content (AvgIpc) is 2.43. The van der Waals surface area contributed by atoms with Crippen molar-refractivity contribution in [1.82, 2.24) is 9.29 Å². The first-order valence-corrected chi connectivity index (χ1v) is 8.41. The molecule has 0 fully saturated rings.